The summed E-state index contributed by atoms with van der Waals surface area (Å²) in [5, 5.41) is 14.1. The van der Waals surface area contributed by atoms with Gasteiger partial charge < -0.3 is 9.67 Å². The number of hydrogen-bond donors (Lipinski definition) is 1. The zero-order valence-electron chi connectivity index (χ0n) is 13.6. The number of nitrogens with zero attached hydrogens (tertiary/aromatic N) is 4. The summed E-state index contributed by atoms with van der Waals surface area (Å²) in [5.74, 6) is 0.930. The molecule has 23 heavy (non-hydrogen) atoms. The first-order valence-corrected chi connectivity index (χ1v) is 7.81. The van der Waals surface area contributed by atoms with Crippen LogP contribution in [0, 0.1) is 0 Å². The topological polar surface area (TPSA) is 55.9 Å². The van der Waals surface area contributed by atoms with Crippen LogP contribution in [0.4, 0.5) is 0 Å². The van der Waals surface area contributed by atoms with Crippen LogP contribution < -0.4 is 0 Å². The molecule has 5 heteroatoms. The van der Waals surface area contributed by atoms with Crippen molar-refractivity contribution in [1.82, 2.24) is 19.3 Å². The van der Waals surface area contributed by atoms with Gasteiger partial charge in [-0.25, -0.2) is 4.98 Å². The fourth-order valence-corrected chi connectivity index (χ4v) is 2.48. The van der Waals surface area contributed by atoms with E-state index in [0.717, 1.165) is 24.5 Å². The van der Waals surface area contributed by atoms with Gasteiger partial charge in [0.2, 0.25) is 0 Å². The lowest BCUT2D eigenvalue weighted by atomic mass is 10.1. The molecule has 0 spiro atoms. The highest BCUT2D eigenvalue weighted by molar-refractivity contribution is 5.56. The first-order chi connectivity index (χ1) is 11.0. The predicted octanol–water partition coefficient (Wildman–Crippen LogP) is 2.96. The second-order valence-corrected chi connectivity index (χ2v) is 6.41. The van der Waals surface area contributed by atoms with Gasteiger partial charge in [-0.1, -0.05) is 24.3 Å². The lowest BCUT2D eigenvalue weighted by Crippen LogP contribution is -2.21. The normalized spacial score (nSPS) is 11.8. The van der Waals surface area contributed by atoms with Crippen molar-refractivity contribution in [3.05, 3.63) is 60.7 Å². The van der Waals surface area contributed by atoms with Gasteiger partial charge in [-0.15, -0.1) is 0 Å². The Hall–Kier alpha value is -2.40. The Bertz CT molecular complexity index is 736. The van der Waals surface area contributed by atoms with Crippen molar-refractivity contribution in [2.24, 2.45) is 0 Å². The maximum Gasteiger partial charge on any atom is 0.139 e. The molecule has 1 aromatic carbocycles. The van der Waals surface area contributed by atoms with E-state index in [9.17, 15) is 5.11 Å². The van der Waals surface area contributed by atoms with Gasteiger partial charge in [-0.3, -0.25) is 4.68 Å². The number of aromatic nitrogens is 4. The van der Waals surface area contributed by atoms with Gasteiger partial charge in [0.05, 0.1) is 12.1 Å². The standard InChI is InChI=1S/C18H22N4O/c1-18(2,23)8-12-21-13-10-19-17(21)16-6-4-15(5-7-16)14-22-11-3-9-20-22/h3-7,9-11,13,23H,8,12,14H2,1-2H3. The van der Waals surface area contributed by atoms with E-state index in [-0.39, 0.29) is 0 Å². The van der Waals surface area contributed by atoms with Crippen molar-refractivity contribution in [2.75, 3.05) is 0 Å². The molecule has 0 aliphatic heterocycles. The van der Waals surface area contributed by atoms with Crippen LogP contribution in [-0.4, -0.2) is 30.0 Å². The molecule has 3 aromatic rings. The summed E-state index contributed by atoms with van der Waals surface area (Å²) in [6.45, 7) is 5.16. The van der Waals surface area contributed by atoms with E-state index < -0.39 is 5.60 Å². The maximum atomic E-state index is 9.89. The summed E-state index contributed by atoms with van der Waals surface area (Å²) in [6.07, 6.45) is 8.19. The van der Waals surface area contributed by atoms with Crippen LogP contribution in [0.15, 0.2) is 55.1 Å². The van der Waals surface area contributed by atoms with E-state index in [1.54, 1.807) is 12.4 Å². The van der Waals surface area contributed by atoms with E-state index in [0.29, 0.717) is 6.42 Å². The molecule has 0 radical (unpaired) electrons. The summed E-state index contributed by atoms with van der Waals surface area (Å²) < 4.78 is 3.99. The van der Waals surface area contributed by atoms with Gasteiger partial charge in [-0.05, 0) is 31.9 Å². The molecule has 2 heterocycles. The molecule has 0 saturated carbocycles. The monoisotopic (exact) mass is 310 g/mol. The van der Waals surface area contributed by atoms with E-state index in [4.69, 9.17) is 0 Å². The van der Waals surface area contributed by atoms with Crippen LogP contribution in [0.5, 0.6) is 0 Å². The summed E-state index contributed by atoms with van der Waals surface area (Å²) in [5.41, 5.74) is 1.61. The molecule has 0 aliphatic carbocycles. The minimum atomic E-state index is -0.671. The van der Waals surface area contributed by atoms with Gasteiger partial charge in [-0.2, -0.15) is 5.10 Å². The van der Waals surface area contributed by atoms with Crippen LogP contribution in [0.3, 0.4) is 0 Å². The highest BCUT2D eigenvalue weighted by atomic mass is 16.3. The summed E-state index contributed by atoms with van der Waals surface area (Å²) in [6, 6.07) is 10.3. The molecular weight excluding hydrogens is 288 g/mol. The van der Waals surface area contributed by atoms with Gasteiger partial charge in [0.15, 0.2) is 0 Å². The summed E-state index contributed by atoms with van der Waals surface area (Å²) >= 11 is 0. The Morgan fingerprint density at radius 1 is 1.09 bits per heavy atom. The molecular formula is C18H22N4O. The SMILES string of the molecule is CC(C)(O)CCn1ccnc1-c1ccc(Cn2cccn2)cc1. The number of aliphatic hydroxyl groups is 1. The Balaban J connectivity index is 1.73. The average Bonchev–Trinajstić information content (AvgIpc) is 3.16. The predicted molar refractivity (Wildman–Crippen MR) is 89.9 cm³/mol. The van der Waals surface area contributed by atoms with Crippen molar-refractivity contribution in [1.29, 1.82) is 0 Å². The van der Waals surface area contributed by atoms with Crippen LogP contribution in [0.2, 0.25) is 0 Å². The fourth-order valence-electron chi connectivity index (χ4n) is 2.48. The molecule has 5 nitrogen and oxygen atoms in total. The van der Waals surface area contributed by atoms with Crippen molar-refractivity contribution < 1.29 is 5.11 Å². The lowest BCUT2D eigenvalue weighted by Gasteiger charge is -2.18. The Morgan fingerprint density at radius 3 is 2.52 bits per heavy atom. The zero-order valence-corrected chi connectivity index (χ0v) is 13.6. The molecule has 120 valence electrons. The number of benzene rings is 1. The lowest BCUT2D eigenvalue weighted by molar-refractivity contribution is 0.0663. The number of imidazole rings is 1. The number of rotatable bonds is 6. The minimum absolute atomic E-state index is 0.671. The molecule has 0 amide bonds. The molecule has 0 unspecified atom stereocenters. The van der Waals surface area contributed by atoms with Crippen molar-refractivity contribution >= 4 is 0 Å². The number of hydrogen-bond acceptors (Lipinski definition) is 3. The van der Waals surface area contributed by atoms with Crippen LogP contribution in [-0.2, 0) is 13.1 Å². The Morgan fingerprint density at radius 2 is 1.87 bits per heavy atom. The van der Waals surface area contributed by atoms with Crippen molar-refractivity contribution in [3.63, 3.8) is 0 Å². The summed E-state index contributed by atoms with van der Waals surface area (Å²) in [4.78, 5) is 4.46. The molecule has 0 aliphatic rings. The van der Waals surface area contributed by atoms with Crippen molar-refractivity contribution in [3.8, 4) is 11.4 Å². The number of aryl methyl sites for hydroxylation is 1. The van der Waals surface area contributed by atoms with Gasteiger partial charge in [0.25, 0.3) is 0 Å². The molecule has 3 rings (SSSR count). The van der Waals surface area contributed by atoms with E-state index >= 15 is 0 Å². The second kappa shape index (κ2) is 6.38. The third-order valence-electron chi connectivity index (χ3n) is 3.80. The molecule has 0 bridgehead atoms. The van der Waals surface area contributed by atoms with Crippen molar-refractivity contribution in [2.45, 2.75) is 39.0 Å². The van der Waals surface area contributed by atoms with E-state index in [2.05, 4.69) is 38.9 Å². The maximum absolute atomic E-state index is 9.89. The summed E-state index contributed by atoms with van der Waals surface area (Å²) in [7, 11) is 0. The highest BCUT2D eigenvalue weighted by Gasteiger charge is 2.14. The first kappa shape index (κ1) is 15.5. The Labute approximate surface area is 136 Å². The fraction of sp³-hybridized carbons (Fsp3) is 0.333. The minimum Gasteiger partial charge on any atom is -0.390 e. The molecule has 0 fully saturated rings. The Kier molecular flexibility index (Phi) is 4.30. The highest BCUT2D eigenvalue weighted by Crippen LogP contribution is 2.20. The van der Waals surface area contributed by atoms with Crippen LogP contribution in [0.25, 0.3) is 11.4 Å². The quantitative estimate of drug-likeness (QED) is 0.761. The van der Waals surface area contributed by atoms with Gasteiger partial charge in [0, 0.05) is 36.9 Å². The third kappa shape index (κ3) is 4.07. The van der Waals surface area contributed by atoms with Gasteiger partial charge in [0.1, 0.15) is 5.82 Å². The van der Waals surface area contributed by atoms with Crippen LogP contribution in [0.1, 0.15) is 25.8 Å². The average molecular weight is 310 g/mol. The van der Waals surface area contributed by atoms with Crippen LogP contribution >= 0.6 is 0 Å². The largest absolute Gasteiger partial charge is 0.390 e. The molecule has 1 N–H and O–H groups in total. The van der Waals surface area contributed by atoms with Gasteiger partial charge >= 0.3 is 0 Å². The molecule has 0 saturated heterocycles. The zero-order chi connectivity index (χ0) is 16.3. The van der Waals surface area contributed by atoms with E-state index in [1.807, 2.05) is 37.0 Å². The third-order valence-corrected chi connectivity index (χ3v) is 3.80. The van der Waals surface area contributed by atoms with E-state index in [1.165, 1.54) is 5.56 Å². The first-order valence-electron chi connectivity index (χ1n) is 7.81. The molecule has 0 atom stereocenters. The second-order valence-electron chi connectivity index (χ2n) is 6.41. The smallest absolute Gasteiger partial charge is 0.139 e. The molecule has 2 aromatic heterocycles.